The van der Waals surface area contributed by atoms with Crippen molar-refractivity contribution < 1.29 is 13.9 Å². The van der Waals surface area contributed by atoms with E-state index >= 15 is 0 Å². The highest BCUT2D eigenvalue weighted by Crippen LogP contribution is 2.32. The standard InChI is InChI=1S/C15H20ClFN2O2.ClH/c1-19(9-11-12(16)3-2-4-13(11)17)14(20)15(10-18)5-7-21-8-6-15;/h2-4H,5-10,18H2,1H3;1H. The second kappa shape index (κ2) is 8.11. The third kappa shape index (κ3) is 3.90. The van der Waals surface area contributed by atoms with Gasteiger partial charge in [-0.15, -0.1) is 12.4 Å². The Morgan fingerprint density at radius 3 is 2.64 bits per heavy atom. The van der Waals surface area contributed by atoms with Gasteiger partial charge in [-0.2, -0.15) is 0 Å². The van der Waals surface area contributed by atoms with Crippen LogP contribution in [0.4, 0.5) is 4.39 Å². The molecule has 1 heterocycles. The van der Waals surface area contributed by atoms with E-state index in [9.17, 15) is 9.18 Å². The summed E-state index contributed by atoms with van der Waals surface area (Å²) < 4.78 is 19.1. The van der Waals surface area contributed by atoms with Gasteiger partial charge in [0, 0.05) is 43.9 Å². The van der Waals surface area contributed by atoms with Gasteiger partial charge in [0.1, 0.15) is 5.82 Å². The number of hydrogen-bond donors (Lipinski definition) is 1. The Bertz CT molecular complexity index is 502. The second-order valence-corrected chi connectivity index (χ2v) is 5.87. The molecule has 1 aliphatic rings. The molecule has 0 bridgehead atoms. The summed E-state index contributed by atoms with van der Waals surface area (Å²) in [5.74, 6) is -0.483. The van der Waals surface area contributed by atoms with E-state index in [1.54, 1.807) is 19.2 Å². The molecule has 0 atom stereocenters. The topological polar surface area (TPSA) is 55.6 Å². The van der Waals surface area contributed by atoms with Gasteiger partial charge in [-0.3, -0.25) is 4.79 Å². The predicted molar refractivity (Wildman–Crippen MR) is 86.7 cm³/mol. The summed E-state index contributed by atoms with van der Waals surface area (Å²) in [4.78, 5) is 14.2. The highest BCUT2D eigenvalue weighted by molar-refractivity contribution is 6.31. The molecule has 2 rings (SSSR count). The van der Waals surface area contributed by atoms with Crippen LogP contribution in [0.15, 0.2) is 18.2 Å². The zero-order valence-corrected chi connectivity index (χ0v) is 14.1. The van der Waals surface area contributed by atoms with Crippen molar-refractivity contribution in [3.05, 3.63) is 34.6 Å². The van der Waals surface area contributed by atoms with Crippen LogP contribution in [0, 0.1) is 11.2 Å². The Labute approximate surface area is 141 Å². The molecule has 0 saturated carbocycles. The predicted octanol–water partition coefficient (Wildman–Crippen LogP) is 2.61. The molecule has 7 heteroatoms. The van der Waals surface area contributed by atoms with Crippen LogP contribution in [0.25, 0.3) is 0 Å². The van der Waals surface area contributed by atoms with Crippen LogP contribution in [0.5, 0.6) is 0 Å². The molecular formula is C15H21Cl2FN2O2. The number of nitrogens with two attached hydrogens (primary N) is 1. The Morgan fingerprint density at radius 1 is 1.45 bits per heavy atom. The molecule has 0 spiro atoms. The zero-order valence-electron chi connectivity index (χ0n) is 12.5. The minimum Gasteiger partial charge on any atom is -0.381 e. The normalized spacial score (nSPS) is 16.7. The lowest BCUT2D eigenvalue weighted by Crippen LogP contribution is -2.49. The molecule has 1 aromatic rings. The van der Waals surface area contributed by atoms with Crippen LogP contribution in [0.1, 0.15) is 18.4 Å². The lowest BCUT2D eigenvalue weighted by molar-refractivity contribution is -0.146. The molecule has 1 aliphatic heterocycles. The summed E-state index contributed by atoms with van der Waals surface area (Å²) in [5.41, 5.74) is 5.55. The van der Waals surface area contributed by atoms with Gasteiger partial charge < -0.3 is 15.4 Å². The summed E-state index contributed by atoms with van der Waals surface area (Å²) in [6.45, 7) is 1.45. The molecule has 0 unspecified atom stereocenters. The summed E-state index contributed by atoms with van der Waals surface area (Å²) in [6.07, 6.45) is 1.19. The Hall–Kier alpha value is -0.880. The number of carbonyl (C=O) groups is 1. The van der Waals surface area contributed by atoms with E-state index in [0.29, 0.717) is 36.6 Å². The summed E-state index contributed by atoms with van der Waals surface area (Å²) in [7, 11) is 1.65. The van der Waals surface area contributed by atoms with Gasteiger partial charge in [-0.05, 0) is 25.0 Å². The molecule has 0 aromatic heterocycles. The molecule has 0 radical (unpaired) electrons. The van der Waals surface area contributed by atoms with E-state index in [1.165, 1.54) is 11.0 Å². The molecule has 1 saturated heterocycles. The smallest absolute Gasteiger partial charge is 0.230 e. The first-order valence-corrected chi connectivity index (χ1v) is 7.34. The minimum absolute atomic E-state index is 0. The third-order valence-corrected chi connectivity index (χ3v) is 4.45. The van der Waals surface area contributed by atoms with E-state index in [1.807, 2.05) is 0 Å². The Balaban J connectivity index is 0.00000242. The van der Waals surface area contributed by atoms with E-state index in [2.05, 4.69) is 0 Å². The van der Waals surface area contributed by atoms with Gasteiger partial charge in [-0.1, -0.05) is 17.7 Å². The molecule has 1 amide bonds. The van der Waals surface area contributed by atoms with Gasteiger partial charge >= 0.3 is 0 Å². The van der Waals surface area contributed by atoms with Crippen LogP contribution in [0.3, 0.4) is 0 Å². The lowest BCUT2D eigenvalue weighted by Gasteiger charge is -2.37. The number of carbonyl (C=O) groups excluding carboxylic acids is 1. The quantitative estimate of drug-likeness (QED) is 0.907. The average molecular weight is 351 g/mol. The van der Waals surface area contributed by atoms with Crippen molar-refractivity contribution in [1.82, 2.24) is 4.90 Å². The number of nitrogens with zero attached hydrogens (tertiary/aromatic N) is 1. The fraction of sp³-hybridized carbons (Fsp3) is 0.533. The van der Waals surface area contributed by atoms with Crippen molar-refractivity contribution in [2.24, 2.45) is 11.1 Å². The summed E-state index contributed by atoms with van der Waals surface area (Å²) >= 11 is 6.01. The number of ether oxygens (including phenoxy) is 1. The number of amides is 1. The molecule has 2 N–H and O–H groups in total. The van der Waals surface area contributed by atoms with Gasteiger partial charge in [-0.25, -0.2) is 4.39 Å². The zero-order chi connectivity index (χ0) is 15.5. The van der Waals surface area contributed by atoms with Gasteiger partial charge in [0.15, 0.2) is 0 Å². The second-order valence-electron chi connectivity index (χ2n) is 5.46. The Morgan fingerprint density at radius 2 is 2.09 bits per heavy atom. The van der Waals surface area contributed by atoms with E-state index < -0.39 is 11.2 Å². The van der Waals surface area contributed by atoms with Crippen molar-refractivity contribution in [2.75, 3.05) is 26.8 Å². The first kappa shape index (κ1) is 19.2. The fourth-order valence-electron chi connectivity index (χ4n) is 2.66. The molecule has 4 nitrogen and oxygen atoms in total. The first-order valence-electron chi connectivity index (χ1n) is 6.96. The van der Waals surface area contributed by atoms with Gasteiger partial charge in [0.25, 0.3) is 0 Å². The van der Waals surface area contributed by atoms with Crippen molar-refractivity contribution in [3.63, 3.8) is 0 Å². The number of halogens is 3. The molecule has 1 aromatic carbocycles. The fourth-order valence-corrected chi connectivity index (χ4v) is 2.89. The van der Waals surface area contributed by atoms with Crippen molar-refractivity contribution in [2.45, 2.75) is 19.4 Å². The highest BCUT2D eigenvalue weighted by Gasteiger charge is 2.40. The van der Waals surface area contributed by atoms with Crippen LogP contribution < -0.4 is 5.73 Å². The van der Waals surface area contributed by atoms with Crippen molar-refractivity contribution >= 4 is 29.9 Å². The number of benzene rings is 1. The van der Waals surface area contributed by atoms with E-state index in [0.717, 1.165) is 0 Å². The van der Waals surface area contributed by atoms with Crippen LogP contribution in [0.2, 0.25) is 5.02 Å². The highest BCUT2D eigenvalue weighted by atomic mass is 35.5. The lowest BCUT2D eigenvalue weighted by atomic mass is 9.79. The molecular weight excluding hydrogens is 330 g/mol. The van der Waals surface area contributed by atoms with Crippen molar-refractivity contribution in [3.8, 4) is 0 Å². The largest absolute Gasteiger partial charge is 0.381 e. The van der Waals surface area contributed by atoms with E-state index in [-0.39, 0.29) is 31.4 Å². The Kier molecular flexibility index (Phi) is 7.06. The first-order chi connectivity index (χ1) is 10.00. The summed E-state index contributed by atoms with van der Waals surface area (Å²) in [5, 5.41) is 0.323. The van der Waals surface area contributed by atoms with Crippen LogP contribution in [-0.4, -0.2) is 37.6 Å². The molecule has 1 fully saturated rings. The maximum Gasteiger partial charge on any atom is 0.230 e. The number of rotatable bonds is 4. The molecule has 0 aliphatic carbocycles. The van der Waals surface area contributed by atoms with Gasteiger partial charge in [0.2, 0.25) is 5.91 Å². The van der Waals surface area contributed by atoms with E-state index in [4.69, 9.17) is 22.1 Å². The third-order valence-electron chi connectivity index (χ3n) is 4.10. The van der Waals surface area contributed by atoms with Crippen LogP contribution >= 0.6 is 24.0 Å². The molecule has 22 heavy (non-hydrogen) atoms. The monoisotopic (exact) mass is 350 g/mol. The van der Waals surface area contributed by atoms with Crippen LogP contribution in [-0.2, 0) is 16.1 Å². The molecule has 124 valence electrons. The van der Waals surface area contributed by atoms with Gasteiger partial charge in [0.05, 0.1) is 5.41 Å². The minimum atomic E-state index is -0.606. The maximum atomic E-state index is 13.8. The number of hydrogen-bond acceptors (Lipinski definition) is 3. The van der Waals surface area contributed by atoms with Crippen molar-refractivity contribution in [1.29, 1.82) is 0 Å². The SMILES string of the molecule is CN(Cc1c(F)cccc1Cl)C(=O)C1(CN)CCOCC1.Cl. The summed E-state index contributed by atoms with van der Waals surface area (Å²) in [6, 6.07) is 4.50. The average Bonchev–Trinajstić information content (AvgIpc) is 2.50. The maximum absolute atomic E-state index is 13.8.